The Kier molecular flexibility index (Phi) is 7.67. The number of hydrogen-bond acceptors (Lipinski definition) is 7. The molecule has 30 heavy (non-hydrogen) atoms. The molecule has 0 bridgehead atoms. The lowest BCUT2D eigenvalue weighted by atomic mass is 10.1. The fourth-order valence-electron chi connectivity index (χ4n) is 2.34. The summed E-state index contributed by atoms with van der Waals surface area (Å²) in [6.45, 7) is 0. The summed E-state index contributed by atoms with van der Waals surface area (Å²) in [5.74, 6) is -0.679. The first-order chi connectivity index (χ1) is 14.4. The summed E-state index contributed by atoms with van der Waals surface area (Å²) in [6, 6.07) is 16.3. The lowest BCUT2D eigenvalue weighted by Gasteiger charge is -2.10. The summed E-state index contributed by atoms with van der Waals surface area (Å²) in [5, 5.41) is 16.0. The number of benzene rings is 2. The van der Waals surface area contributed by atoms with Gasteiger partial charge in [-0.15, -0.1) is 0 Å². The number of halogens is 1. The number of carbonyl (C=O) groups excluding carboxylic acids is 2. The van der Waals surface area contributed by atoms with Crippen LogP contribution in [0.2, 0.25) is 5.02 Å². The Morgan fingerprint density at radius 1 is 1.23 bits per heavy atom. The van der Waals surface area contributed by atoms with E-state index < -0.39 is 11.5 Å². The Bertz CT molecular complexity index is 1150. The number of nitriles is 1. The minimum absolute atomic E-state index is 0.0325. The molecular weight excluding hydrogens is 408 g/mol. The number of nitrogens with zero attached hydrogens (tertiary/aromatic N) is 2. The second kappa shape index (κ2) is 10.4. The van der Waals surface area contributed by atoms with Gasteiger partial charge >= 0.3 is 0 Å². The fourth-order valence-corrected chi connectivity index (χ4v) is 2.46. The zero-order valence-corrected chi connectivity index (χ0v) is 16.5. The Morgan fingerprint density at radius 2 is 1.90 bits per heavy atom. The average molecular weight is 425 g/mol. The quantitative estimate of drug-likeness (QED) is 0.362. The van der Waals surface area contributed by atoms with E-state index in [0.717, 1.165) is 5.69 Å². The van der Waals surface area contributed by atoms with Crippen molar-refractivity contribution in [3.63, 3.8) is 0 Å². The number of rotatable bonds is 5. The molecule has 0 fully saturated rings. The second-order valence-electron chi connectivity index (χ2n) is 5.73. The summed E-state index contributed by atoms with van der Waals surface area (Å²) < 4.78 is 0. The number of H-pyrrole nitrogens is 1. The molecule has 1 heterocycles. The maximum absolute atomic E-state index is 12.3. The average Bonchev–Trinajstić information content (AvgIpc) is 2.75. The Labute approximate surface area is 176 Å². The largest absolute Gasteiger partial charge is 0.388 e. The van der Waals surface area contributed by atoms with Crippen molar-refractivity contribution in [2.45, 2.75) is 0 Å². The third kappa shape index (κ3) is 5.92. The molecule has 1 amide bonds. The molecule has 3 aromatic rings. The topological polar surface area (TPSA) is 154 Å². The van der Waals surface area contributed by atoms with Crippen LogP contribution in [-0.4, -0.2) is 29.2 Å². The van der Waals surface area contributed by atoms with Gasteiger partial charge in [-0.1, -0.05) is 23.7 Å². The molecule has 0 unspecified atom stereocenters. The molecule has 0 spiro atoms. The number of nitrogens with one attached hydrogen (secondary N) is 3. The van der Waals surface area contributed by atoms with Crippen molar-refractivity contribution in [1.82, 2.24) is 9.97 Å². The highest BCUT2D eigenvalue weighted by atomic mass is 35.5. The Balaban J connectivity index is 0.000000575. The summed E-state index contributed by atoms with van der Waals surface area (Å²) in [4.78, 5) is 37.5. The highest BCUT2D eigenvalue weighted by Gasteiger charge is 2.14. The number of aromatic nitrogens is 2. The minimum atomic E-state index is -0.926. The van der Waals surface area contributed by atoms with Crippen LogP contribution in [0.4, 0.5) is 17.3 Å². The van der Waals surface area contributed by atoms with Crippen LogP contribution in [-0.2, 0) is 9.59 Å². The highest BCUT2D eigenvalue weighted by Crippen LogP contribution is 2.24. The van der Waals surface area contributed by atoms with Gasteiger partial charge in [0.1, 0.15) is 11.6 Å². The van der Waals surface area contributed by atoms with E-state index in [1.54, 1.807) is 37.4 Å². The molecule has 0 saturated heterocycles. The summed E-state index contributed by atoms with van der Waals surface area (Å²) in [7, 11) is 1.79. The van der Waals surface area contributed by atoms with Gasteiger partial charge in [0.2, 0.25) is 12.2 Å². The highest BCUT2D eigenvalue weighted by molar-refractivity contribution is 6.30. The van der Waals surface area contributed by atoms with Crippen LogP contribution in [0.15, 0.2) is 53.3 Å². The second-order valence-corrected chi connectivity index (χ2v) is 6.17. The molecule has 10 heteroatoms. The first kappa shape index (κ1) is 22.1. The molecule has 5 N–H and O–H groups in total. The van der Waals surface area contributed by atoms with Crippen LogP contribution in [0.5, 0.6) is 0 Å². The number of amides is 1. The van der Waals surface area contributed by atoms with Crippen LogP contribution < -0.4 is 21.9 Å². The zero-order valence-electron chi connectivity index (χ0n) is 15.8. The van der Waals surface area contributed by atoms with Gasteiger partial charge in [-0.2, -0.15) is 5.26 Å². The van der Waals surface area contributed by atoms with Gasteiger partial charge in [0.15, 0.2) is 0 Å². The minimum Gasteiger partial charge on any atom is -0.388 e. The number of carbonyl (C=O) groups is 2. The predicted octanol–water partition coefficient (Wildman–Crippen LogP) is 2.42. The van der Waals surface area contributed by atoms with Crippen molar-refractivity contribution < 1.29 is 9.59 Å². The molecular formula is C20H17ClN6O3. The number of primary amides is 1. The van der Waals surface area contributed by atoms with Crippen molar-refractivity contribution in [2.75, 3.05) is 17.7 Å². The number of anilines is 3. The van der Waals surface area contributed by atoms with Crippen LogP contribution in [0.1, 0.15) is 5.56 Å². The Hall–Kier alpha value is -4.16. The van der Waals surface area contributed by atoms with Crippen LogP contribution in [0, 0.1) is 11.3 Å². The van der Waals surface area contributed by atoms with Gasteiger partial charge in [-0.3, -0.25) is 19.4 Å². The molecule has 9 nitrogen and oxygen atoms in total. The summed E-state index contributed by atoms with van der Waals surface area (Å²) in [5.41, 5.74) is 6.32. The summed E-state index contributed by atoms with van der Waals surface area (Å²) in [6.07, 6.45) is 0.0556. The van der Waals surface area contributed by atoms with E-state index >= 15 is 0 Å². The molecule has 2 aromatic carbocycles. The third-order valence-corrected chi connectivity index (χ3v) is 3.93. The monoisotopic (exact) mass is 424 g/mol. The van der Waals surface area contributed by atoms with Crippen molar-refractivity contribution in [2.24, 2.45) is 5.73 Å². The van der Waals surface area contributed by atoms with E-state index in [0.29, 0.717) is 22.0 Å². The van der Waals surface area contributed by atoms with Crippen molar-refractivity contribution in [3.05, 3.63) is 69.5 Å². The molecule has 0 aliphatic carbocycles. The van der Waals surface area contributed by atoms with Crippen LogP contribution >= 0.6 is 11.6 Å². The fraction of sp³-hybridized carbons (Fsp3) is 0.0500. The zero-order chi connectivity index (χ0) is 22.1. The van der Waals surface area contributed by atoms with Gasteiger partial charge in [0, 0.05) is 29.0 Å². The lowest BCUT2D eigenvalue weighted by Crippen LogP contribution is -2.16. The SMILES string of the molecule is CNc1cccc(-c2nc(Nc3ccc(Cl)cc3)[nH]c(=O)c2C#N)c1.NC(=O)C=O. The first-order valence-electron chi connectivity index (χ1n) is 8.47. The lowest BCUT2D eigenvalue weighted by molar-refractivity contribution is -0.129. The van der Waals surface area contributed by atoms with Crippen LogP contribution in [0.25, 0.3) is 11.3 Å². The van der Waals surface area contributed by atoms with E-state index in [9.17, 15) is 14.9 Å². The summed E-state index contributed by atoms with van der Waals surface area (Å²) >= 11 is 5.87. The third-order valence-electron chi connectivity index (χ3n) is 3.68. The van der Waals surface area contributed by atoms with E-state index in [4.69, 9.17) is 16.4 Å². The molecule has 0 saturated carbocycles. The van der Waals surface area contributed by atoms with Gasteiger partial charge in [0.05, 0.1) is 5.69 Å². The molecule has 0 aliphatic rings. The molecule has 0 atom stereocenters. The standard InChI is InChI=1S/C18H14ClN5O.C2H3NO2/c1-21-14-4-2-3-11(9-14)16-15(10-20)17(25)24-18(23-16)22-13-7-5-12(19)6-8-13;3-2(5)1-4/h2-9,21H,1H3,(H2,22,23,24,25);1H,(H2,3,5). The first-order valence-corrected chi connectivity index (χ1v) is 8.85. The number of nitrogens with two attached hydrogens (primary N) is 1. The number of aromatic amines is 1. The van der Waals surface area contributed by atoms with E-state index in [2.05, 4.69) is 26.3 Å². The van der Waals surface area contributed by atoms with Gasteiger partial charge < -0.3 is 16.4 Å². The molecule has 1 aromatic heterocycles. The van der Waals surface area contributed by atoms with Gasteiger partial charge in [-0.05, 0) is 36.4 Å². The van der Waals surface area contributed by atoms with Gasteiger partial charge in [0.25, 0.3) is 11.5 Å². The molecule has 0 radical (unpaired) electrons. The van der Waals surface area contributed by atoms with Crippen molar-refractivity contribution in [3.8, 4) is 17.3 Å². The predicted molar refractivity (Wildman–Crippen MR) is 115 cm³/mol. The number of hydrogen-bond donors (Lipinski definition) is 4. The normalized spacial score (nSPS) is 9.50. The maximum atomic E-state index is 12.3. The molecule has 0 aliphatic heterocycles. The van der Waals surface area contributed by atoms with E-state index in [1.807, 2.05) is 24.3 Å². The molecule has 152 valence electrons. The van der Waals surface area contributed by atoms with Crippen molar-refractivity contribution in [1.29, 1.82) is 5.26 Å². The van der Waals surface area contributed by atoms with Crippen molar-refractivity contribution >= 4 is 41.1 Å². The van der Waals surface area contributed by atoms with E-state index in [-0.39, 0.29) is 17.8 Å². The van der Waals surface area contributed by atoms with E-state index in [1.165, 1.54) is 0 Å². The Morgan fingerprint density at radius 3 is 2.47 bits per heavy atom. The van der Waals surface area contributed by atoms with Gasteiger partial charge in [-0.25, -0.2) is 4.98 Å². The smallest absolute Gasteiger partial charge is 0.281 e. The van der Waals surface area contributed by atoms with Crippen LogP contribution in [0.3, 0.4) is 0 Å². The maximum Gasteiger partial charge on any atom is 0.281 e. The number of aldehydes is 1. The molecule has 3 rings (SSSR count).